The summed E-state index contributed by atoms with van der Waals surface area (Å²) >= 11 is 0. The summed E-state index contributed by atoms with van der Waals surface area (Å²) in [6.45, 7) is 0. The van der Waals surface area contributed by atoms with Gasteiger partial charge in [-0.05, 0) is 106 Å². The minimum Gasteiger partial charge on any atom is -0.311 e. The van der Waals surface area contributed by atoms with Gasteiger partial charge in [-0.1, -0.05) is 164 Å². The molecule has 1 heterocycles. The molecule has 8 aromatic rings. The molecule has 7 aromatic carbocycles. The molecule has 2 unspecified atom stereocenters. The van der Waals surface area contributed by atoms with E-state index < -0.39 is 0 Å². The summed E-state index contributed by atoms with van der Waals surface area (Å²) in [5, 5.41) is 1.33. The standard InChI is InChI=1S/C54H42N2/c1-5-15-39(16-6-1)41-25-30-46(31-26-41)55(47-32-27-42(28-33-47)40-17-7-2-8-18-40)48-34-35-49(51(38-48)43-19-9-3-10-20-43)44-29-36-54-52(37-44)50-23-13-14-24-53(50)56(54)45-21-11-4-12-22-45/h1-27,29-36,38,42,44H,28,37H2. The quantitative estimate of drug-likeness (QED) is 0.152. The third kappa shape index (κ3) is 6.29. The summed E-state index contributed by atoms with van der Waals surface area (Å²) in [7, 11) is 0. The molecule has 2 heteroatoms. The smallest absolute Gasteiger partial charge is 0.0537 e. The van der Waals surface area contributed by atoms with Gasteiger partial charge in [0.2, 0.25) is 0 Å². The molecule has 0 amide bonds. The Morgan fingerprint density at radius 3 is 1.82 bits per heavy atom. The highest BCUT2D eigenvalue weighted by Gasteiger charge is 2.26. The van der Waals surface area contributed by atoms with Gasteiger partial charge in [0.15, 0.2) is 0 Å². The number of nitrogens with zero attached hydrogens (tertiary/aromatic N) is 2. The summed E-state index contributed by atoms with van der Waals surface area (Å²) in [5.74, 6) is 0.584. The highest BCUT2D eigenvalue weighted by molar-refractivity contribution is 5.91. The fourth-order valence-corrected chi connectivity index (χ4v) is 8.76. The molecule has 1 aromatic heterocycles. The van der Waals surface area contributed by atoms with Crippen molar-refractivity contribution in [3.63, 3.8) is 0 Å². The first kappa shape index (κ1) is 33.7. The van der Waals surface area contributed by atoms with Gasteiger partial charge >= 0.3 is 0 Å². The lowest BCUT2D eigenvalue weighted by Gasteiger charge is -2.31. The van der Waals surface area contributed by atoms with Crippen LogP contribution in [-0.2, 0) is 6.42 Å². The zero-order valence-electron chi connectivity index (χ0n) is 31.2. The summed E-state index contributed by atoms with van der Waals surface area (Å²) in [5.41, 5.74) is 16.2. The monoisotopic (exact) mass is 718 g/mol. The maximum atomic E-state index is 2.44. The molecule has 0 bridgehead atoms. The molecule has 2 atom stereocenters. The van der Waals surface area contributed by atoms with Crippen LogP contribution in [0.4, 0.5) is 11.4 Å². The lowest BCUT2D eigenvalue weighted by atomic mass is 9.82. The molecule has 0 aliphatic heterocycles. The van der Waals surface area contributed by atoms with Crippen molar-refractivity contribution in [1.29, 1.82) is 0 Å². The van der Waals surface area contributed by atoms with Gasteiger partial charge in [0, 0.05) is 45.7 Å². The number of allylic oxidation sites excluding steroid dienone is 4. The first-order chi connectivity index (χ1) is 27.8. The van der Waals surface area contributed by atoms with Crippen molar-refractivity contribution < 1.29 is 0 Å². The Morgan fingerprint density at radius 1 is 0.500 bits per heavy atom. The fraction of sp³-hybridized carbons (Fsp3) is 0.0741. The van der Waals surface area contributed by atoms with Crippen LogP contribution >= 0.6 is 0 Å². The van der Waals surface area contributed by atoms with Gasteiger partial charge in [0.25, 0.3) is 0 Å². The third-order valence-electron chi connectivity index (χ3n) is 11.5. The molecule has 10 rings (SSSR count). The fourth-order valence-electron chi connectivity index (χ4n) is 8.76. The predicted molar refractivity (Wildman–Crippen MR) is 236 cm³/mol. The van der Waals surface area contributed by atoms with Crippen molar-refractivity contribution >= 4 is 28.4 Å². The Morgan fingerprint density at radius 2 is 1.11 bits per heavy atom. The van der Waals surface area contributed by atoms with Crippen LogP contribution in [0.3, 0.4) is 0 Å². The van der Waals surface area contributed by atoms with Crippen LogP contribution in [-0.4, -0.2) is 4.57 Å². The van der Waals surface area contributed by atoms with Gasteiger partial charge in [-0.3, -0.25) is 0 Å². The number of rotatable bonds is 8. The van der Waals surface area contributed by atoms with E-state index in [1.807, 2.05) is 0 Å². The van der Waals surface area contributed by atoms with Crippen molar-refractivity contribution in [3.05, 3.63) is 240 Å². The highest BCUT2D eigenvalue weighted by Crippen LogP contribution is 2.44. The molecule has 2 aliphatic rings. The number of hydrogen-bond acceptors (Lipinski definition) is 1. The number of fused-ring (bicyclic) bond motifs is 3. The van der Waals surface area contributed by atoms with E-state index >= 15 is 0 Å². The summed E-state index contributed by atoms with van der Waals surface area (Å²) in [6.07, 6.45) is 13.8. The second-order valence-corrected chi connectivity index (χ2v) is 14.8. The number of aromatic nitrogens is 1. The van der Waals surface area contributed by atoms with E-state index in [1.165, 1.54) is 66.9 Å². The molecule has 0 saturated heterocycles. The van der Waals surface area contributed by atoms with Crippen LogP contribution in [0.5, 0.6) is 0 Å². The van der Waals surface area contributed by atoms with Crippen molar-refractivity contribution in [1.82, 2.24) is 4.57 Å². The Hall–Kier alpha value is -6.90. The first-order valence-corrected chi connectivity index (χ1v) is 19.7. The summed E-state index contributed by atoms with van der Waals surface area (Å²) in [4.78, 5) is 2.44. The second kappa shape index (κ2) is 14.7. The molecular formula is C54H42N2. The Labute approximate surface area is 329 Å². The van der Waals surface area contributed by atoms with Crippen LogP contribution in [0.1, 0.15) is 40.6 Å². The average Bonchev–Trinajstić information content (AvgIpc) is 3.62. The average molecular weight is 719 g/mol. The van der Waals surface area contributed by atoms with Crippen molar-refractivity contribution in [2.24, 2.45) is 0 Å². The van der Waals surface area contributed by atoms with E-state index in [4.69, 9.17) is 0 Å². The zero-order chi connectivity index (χ0) is 37.3. The van der Waals surface area contributed by atoms with Crippen molar-refractivity contribution in [3.8, 4) is 27.9 Å². The van der Waals surface area contributed by atoms with E-state index in [0.29, 0.717) is 5.92 Å². The Kier molecular flexibility index (Phi) is 8.85. The number of benzene rings is 7. The minimum absolute atomic E-state index is 0.223. The van der Waals surface area contributed by atoms with Crippen LogP contribution in [0.15, 0.2) is 218 Å². The molecule has 0 radical (unpaired) electrons. The van der Waals surface area contributed by atoms with Gasteiger partial charge in [-0.25, -0.2) is 0 Å². The van der Waals surface area contributed by atoms with Gasteiger partial charge in [-0.15, -0.1) is 0 Å². The molecule has 56 heavy (non-hydrogen) atoms. The molecule has 0 N–H and O–H groups in total. The molecule has 0 fully saturated rings. The van der Waals surface area contributed by atoms with E-state index in [0.717, 1.165) is 24.2 Å². The van der Waals surface area contributed by atoms with Crippen molar-refractivity contribution in [2.45, 2.75) is 24.7 Å². The lowest BCUT2D eigenvalue weighted by molar-refractivity contribution is 0.826. The van der Waals surface area contributed by atoms with Gasteiger partial charge < -0.3 is 9.47 Å². The Balaban J connectivity index is 1.07. The van der Waals surface area contributed by atoms with Gasteiger partial charge in [-0.2, -0.15) is 0 Å². The molecule has 0 spiro atoms. The topological polar surface area (TPSA) is 8.17 Å². The molecular weight excluding hydrogens is 677 g/mol. The van der Waals surface area contributed by atoms with E-state index in [2.05, 4.69) is 228 Å². The number of para-hydroxylation sites is 2. The highest BCUT2D eigenvalue weighted by atomic mass is 15.1. The maximum absolute atomic E-state index is 2.44. The first-order valence-electron chi connectivity index (χ1n) is 19.7. The minimum atomic E-state index is 0.223. The number of hydrogen-bond donors (Lipinski definition) is 0. The lowest BCUT2D eigenvalue weighted by Crippen LogP contribution is -2.18. The third-order valence-corrected chi connectivity index (χ3v) is 11.5. The summed E-state index contributed by atoms with van der Waals surface area (Å²) < 4.78 is 2.42. The molecule has 2 aliphatic carbocycles. The van der Waals surface area contributed by atoms with Crippen molar-refractivity contribution in [2.75, 3.05) is 4.90 Å². The van der Waals surface area contributed by atoms with Crippen LogP contribution in [0, 0.1) is 0 Å². The SMILES string of the molecule is C1=CC(c2ccccc2)CC=C1N(c1ccc(-c2ccccc2)cc1)c1ccc(C2C=Cc3c(c4ccccc4n3-c3ccccc3)C2)c(-c2ccccc2)c1. The largest absolute Gasteiger partial charge is 0.311 e. The Bertz CT molecular complexity index is 2720. The van der Waals surface area contributed by atoms with E-state index in [-0.39, 0.29) is 5.92 Å². The molecule has 0 saturated carbocycles. The van der Waals surface area contributed by atoms with E-state index in [9.17, 15) is 0 Å². The maximum Gasteiger partial charge on any atom is 0.0537 e. The second-order valence-electron chi connectivity index (χ2n) is 14.8. The molecule has 268 valence electrons. The van der Waals surface area contributed by atoms with Crippen LogP contribution in [0.2, 0.25) is 0 Å². The van der Waals surface area contributed by atoms with E-state index in [1.54, 1.807) is 0 Å². The zero-order valence-corrected chi connectivity index (χ0v) is 31.2. The number of anilines is 2. The normalized spacial score (nSPS) is 16.0. The predicted octanol–water partition coefficient (Wildman–Crippen LogP) is 14.1. The van der Waals surface area contributed by atoms with Gasteiger partial charge in [0.1, 0.15) is 0 Å². The molecule has 2 nitrogen and oxygen atoms in total. The van der Waals surface area contributed by atoms with Crippen LogP contribution < -0.4 is 4.90 Å². The summed E-state index contributed by atoms with van der Waals surface area (Å²) in [6, 6.07) is 68.2. The van der Waals surface area contributed by atoms with Gasteiger partial charge in [0.05, 0.1) is 5.52 Å². The van der Waals surface area contributed by atoms with Crippen LogP contribution in [0.25, 0.3) is 44.9 Å².